The first-order valence-corrected chi connectivity index (χ1v) is 4.28. The zero-order valence-electron chi connectivity index (χ0n) is 7.59. The maximum Gasteiger partial charge on any atom is 0.315 e. The Kier molecular flexibility index (Phi) is 6.40. The predicted molar refractivity (Wildman–Crippen MR) is 44.5 cm³/mol. The van der Waals surface area contributed by atoms with Gasteiger partial charge < -0.3 is 10.4 Å². The molecule has 78 valence electrons. The Hall–Kier alpha value is -0.710. The van der Waals surface area contributed by atoms with Crippen LogP contribution in [0.15, 0.2) is 0 Å². The van der Waals surface area contributed by atoms with E-state index in [0.29, 0.717) is 6.42 Å². The minimum atomic E-state index is -2.95. The second kappa shape index (κ2) is 6.77. The lowest BCUT2D eigenvalue weighted by Crippen LogP contribution is -2.33. The van der Waals surface area contributed by atoms with Crippen LogP contribution in [0, 0.1) is 5.92 Å². The topological polar surface area (TPSA) is 49.3 Å². The van der Waals surface area contributed by atoms with Crippen LogP contribution in [-0.4, -0.2) is 30.6 Å². The molecule has 1 unspecified atom stereocenters. The Morgan fingerprint density at radius 1 is 1.54 bits per heavy atom. The minimum absolute atomic E-state index is 0.0169. The van der Waals surface area contributed by atoms with E-state index in [1.165, 1.54) is 0 Å². The van der Waals surface area contributed by atoms with E-state index in [4.69, 9.17) is 5.11 Å². The summed E-state index contributed by atoms with van der Waals surface area (Å²) in [7, 11) is 0. The van der Waals surface area contributed by atoms with Crippen molar-refractivity contribution < 1.29 is 18.7 Å². The predicted octanol–water partition coefficient (Wildman–Crippen LogP) is 0.776. The molecular weight excluding hydrogens is 180 g/mol. The fourth-order valence-corrected chi connectivity index (χ4v) is 0.955. The molecule has 0 saturated carbocycles. The summed E-state index contributed by atoms with van der Waals surface area (Å²) in [5, 5.41) is 10.7. The van der Waals surface area contributed by atoms with Crippen LogP contribution in [0.4, 0.5) is 8.78 Å². The molecule has 0 radical (unpaired) electrons. The average molecular weight is 195 g/mol. The number of hydrogen-bond donors (Lipinski definition) is 2. The molecule has 0 spiro atoms. The van der Waals surface area contributed by atoms with Crippen molar-refractivity contribution in [3.63, 3.8) is 0 Å². The van der Waals surface area contributed by atoms with Gasteiger partial charge in [0.25, 0.3) is 5.91 Å². The van der Waals surface area contributed by atoms with E-state index in [1.807, 2.05) is 6.92 Å². The number of nitrogens with one attached hydrogen (secondary N) is 1. The highest BCUT2D eigenvalue weighted by molar-refractivity contribution is 5.78. The molecule has 0 saturated heterocycles. The molecule has 0 heterocycles. The van der Waals surface area contributed by atoms with Gasteiger partial charge in [0.1, 0.15) is 0 Å². The first-order valence-electron chi connectivity index (χ1n) is 4.28. The quantitative estimate of drug-likeness (QED) is 0.658. The zero-order valence-corrected chi connectivity index (χ0v) is 7.59. The van der Waals surface area contributed by atoms with Gasteiger partial charge in [-0.15, -0.1) is 0 Å². The molecule has 0 aromatic heterocycles. The summed E-state index contributed by atoms with van der Waals surface area (Å²) in [4.78, 5) is 10.4. The van der Waals surface area contributed by atoms with Gasteiger partial charge >= 0.3 is 6.43 Å². The molecule has 2 N–H and O–H groups in total. The Bertz CT molecular complexity index is 153. The van der Waals surface area contributed by atoms with E-state index in [-0.39, 0.29) is 19.1 Å². The number of aliphatic hydroxyl groups excluding tert-OH is 1. The minimum Gasteiger partial charge on any atom is -0.396 e. The largest absolute Gasteiger partial charge is 0.396 e. The van der Waals surface area contributed by atoms with Crippen LogP contribution in [-0.2, 0) is 4.79 Å². The lowest BCUT2D eigenvalue weighted by atomic mass is 10.0. The van der Waals surface area contributed by atoms with Crippen LogP contribution in [0.1, 0.15) is 19.8 Å². The van der Waals surface area contributed by atoms with Crippen molar-refractivity contribution in [2.45, 2.75) is 26.2 Å². The van der Waals surface area contributed by atoms with Gasteiger partial charge in [-0.3, -0.25) is 4.79 Å². The molecule has 3 nitrogen and oxygen atoms in total. The molecule has 0 aromatic rings. The highest BCUT2D eigenvalue weighted by atomic mass is 19.3. The van der Waals surface area contributed by atoms with Gasteiger partial charge in [0.2, 0.25) is 0 Å². The zero-order chi connectivity index (χ0) is 10.3. The van der Waals surface area contributed by atoms with E-state index in [1.54, 1.807) is 0 Å². The van der Waals surface area contributed by atoms with Crippen molar-refractivity contribution in [1.82, 2.24) is 5.32 Å². The second-order valence-electron chi connectivity index (χ2n) is 2.83. The molecule has 0 aliphatic rings. The van der Waals surface area contributed by atoms with Gasteiger partial charge in [-0.05, 0) is 12.3 Å². The van der Waals surface area contributed by atoms with Gasteiger partial charge in [0.05, 0.1) is 0 Å². The number of alkyl halides is 2. The summed E-state index contributed by atoms with van der Waals surface area (Å²) in [5.41, 5.74) is 0. The van der Waals surface area contributed by atoms with Gasteiger partial charge in [-0.25, -0.2) is 0 Å². The molecule has 0 aromatic carbocycles. The number of hydrogen-bond acceptors (Lipinski definition) is 2. The van der Waals surface area contributed by atoms with Crippen LogP contribution in [0.25, 0.3) is 0 Å². The second-order valence-corrected chi connectivity index (χ2v) is 2.83. The van der Waals surface area contributed by atoms with Crippen molar-refractivity contribution >= 4 is 5.91 Å². The molecule has 1 amide bonds. The van der Waals surface area contributed by atoms with Crippen LogP contribution in [0.3, 0.4) is 0 Å². The maximum atomic E-state index is 11.7. The summed E-state index contributed by atoms with van der Waals surface area (Å²) in [6, 6.07) is 0. The molecular formula is C8H15F2NO2. The van der Waals surface area contributed by atoms with Crippen molar-refractivity contribution in [2.75, 3.05) is 13.2 Å². The van der Waals surface area contributed by atoms with Gasteiger partial charge in [0.15, 0.2) is 0 Å². The molecule has 0 aliphatic heterocycles. The summed E-state index contributed by atoms with van der Waals surface area (Å²) in [6.45, 7) is 2.11. The summed E-state index contributed by atoms with van der Waals surface area (Å²) in [5.74, 6) is -1.16. The fourth-order valence-electron chi connectivity index (χ4n) is 0.955. The third-order valence-electron chi connectivity index (χ3n) is 1.88. The molecule has 5 heteroatoms. The lowest BCUT2D eigenvalue weighted by molar-refractivity contribution is -0.131. The smallest absolute Gasteiger partial charge is 0.315 e. The van der Waals surface area contributed by atoms with Crippen LogP contribution >= 0.6 is 0 Å². The third kappa shape index (κ3) is 5.52. The average Bonchev–Trinajstić information content (AvgIpc) is 2.11. The van der Waals surface area contributed by atoms with E-state index in [9.17, 15) is 13.6 Å². The molecule has 1 atom stereocenters. The van der Waals surface area contributed by atoms with Gasteiger partial charge in [-0.2, -0.15) is 8.78 Å². The lowest BCUT2D eigenvalue weighted by Gasteiger charge is -2.13. The van der Waals surface area contributed by atoms with E-state index < -0.39 is 12.3 Å². The number of rotatable bonds is 6. The number of carbonyl (C=O) groups excluding carboxylic acids is 1. The van der Waals surface area contributed by atoms with Crippen LogP contribution in [0.2, 0.25) is 0 Å². The number of halogens is 2. The van der Waals surface area contributed by atoms with Crippen LogP contribution < -0.4 is 5.32 Å². The van der Waals surface area contributed by atoms with Crippen molar-refractivity contribution in [2.24, 2.45) is 5.92 Å². The molecule has 0 bridgehead atoms. The van der Waals surface area contributed by atoms with Crippen molar-refractivity contribution in [1.29, 1.82) is 0 Å². The number of aliphatic hydroxyl groups is 1. The van der Waals surface area contributed by atoms with Crippen molar-refractivity contribution in [3.8, 4) is 0 Å². The highest BCUT2D eigenvalue weighted by Crippen LogP contribution is 2.05. The Morgan fingerprint density at radius 3 is 2.54 bits per heavy atom. The third-order valence-corrected chi connectivity index (χ3v) is 1.88. The Balaban J connectivity index is 3.65. The Labute approximate surface area is 76.1 Å². The van der Waals surface area contributed by atoms with Crippen LogP contribution in [0.5, 0.6) is 0 Å². The van der Waals surface area contributed by atoms with Crippen molar-refractivity contribution in [3.05, 3.63) is 0 Å². The summed E-state index contributed by atoms with van der Waals surface area (Å²) < 4.78 is 23.4. The number of amides is 1. The van der Waals surface area contributed by atoms with Gasteiger partial charge in [-0.1, -0.05) is 13.3 Å². The number of carbonyl (C=O) groups is 1. The molecule has 0 rings (SSSR count). The van der Waals surface area contributed by atoms with E-state index >= 15 is 0 Å². The first kappa shape index (κ1) is 12.3. The van der Waals surface area contributed by atoms with Gasteiger partial charge in [0, 0.05) is 13.2 Å². The summed E-state index contributed by atoms with van der Waals surface area (Å²) in [6.07, 6.45) is -1.67. The van der Waals surface area contributed by atoms with E-state index in [2.05, 4.69) is 5.32 Å². The SMILES string of the molecule is CCC(CCO)CNC(=O)C(F)F. The van der Waals surface area contributed by atoms with E-state index in [0.717, 1.165) is 6.42 Å². The molecule has 13 heavy (non-hydrogen) atoms. The normalized spacial score (nSPS) is 13.0. The first-order chi connectivity index (χ1) is 6.11. The highest BCUT2D eigenvalue weighted by Gasteiger charge is 2.15. The fraction of sp³-hybridized carbons (Fsp3) is 0.875. The summed E-state index contributed by atoms with van der Waals surface area (Å²) >= 11 is 0. The molecule has 0 fully saturated rings. The Morgan fingerprint density at radius 2 is 2.15 bits per heavy atom. The standard InChI is InChI=1S/C8H15F2NO2/c1-2-6(3-4-12)5-11-8(13)7(9)10/h6-7,12H,2-5H2,1H3,(H,11,13). The monoisotopic (exact) mass is 195 g/mol. The molecule has 0 aliphatic carbocycles. The maximum absolute atomic E-state index is 11.7.